The van der Waals surface area contributed by atoms with Crippen LogP contribution < -0.4 is 10.2 Å². The van der Waals surface area contributed by atoms with Crippen LogP contribution in [-0.2, 0) is 4.79 Å². The molecular weight excluding hydrogens is 338 g/mol. The van der Waals surface area contributed by atoms with Gasteiger partial charge in [-0.05, 0) is 55.2 Å². The van der Waals surface area contributed by atoms with Gasteiger partial charge in [0.2, 0.25) is 5.91 Å². The van der Waals surface area contributed by atoms with Crippen LogP contribution in [0.4, 0.5) is 5.69 Å². The summed E-state index contributed by atoms with van der Waals surface area (Å²) in [7, 11) is 0. The molecule has 0 aliphatic carbocycles. The average molecular weight is 365 g/mol. The number of nitrogens with one attached hydrogen (secondary N) is 1. The maximum Gasteiger partial charge on any atom is 0.223 e. The number of pyridine rings is 1. The van der Waals surface area contributed by atoms with Crippen molar-refractivity contribution in [3.63, 3.8) is 0 Å². The fraction of sp³-hybridized carbons (Fsp3) is 0.409. The lowest BCUT2D eigenvalue weighted by atomic mass is 9.93. The maximum absolute atomic E-state index is 12.8. The summed E-state index contributed by atoms with van der Waals surface area (Å²) in [4.78, 5) is 30.3. The Morgan fingerprint density at radius 2 is 1.85 bits per heavy atom. The van der Waals surface area contributed by atoms with Crippen LogP contribution >= 0.6 is 0 Å². The van der Waals surface area contributed by atoms with Crippen molar-refractivity contribution in [3.8, 4) is 0 Å². The van der Waals surface area contributed by atoms with E-state index in [1.807, 2.05) is 42.5 Å². The van der Waals surface area contributed by atoms with Gasteiger partial charge < -0.3 is 10.2 Å². The molecule has 2 aromatic rings. The predicted molar refractivity (Wildman–Crippen MR) is 107 cm³/mol. The molecule has 5 nitrogen and oxygen atoms in total. The van der Waals surface area contributed by atoms with Crippen molar-refractivity contribution in [2.45, 2.75) is 32.7 Å². The average Bonchev–Trinajstić information content (AvgIpc) is 2.72. The zero-order chi connectivity index (χ0) is 19.2. The van der Waals surface area contributed by atoms with Crippen LogP contribution in [-0.4, -0.2) is 30.3 Å². The van der Waals surface area contributed by atoms with Crippen LogP contribution in [0.5, 0.6) is 0 Å². The van der Waals surface area contributed by atoms with Crippen molar-refractivity contribution in [2.75, 3.05) is 18.0 Å². The van der Waals surface area contributed by atoms with E-state index in [2.05, 4.69) is 29.0 Å². The summed E-state index contributed by atoms with van der Waals surface area (Å²) in [5.41, 5.74) is 2.70. The molecule has 3 rings (SSSR count). The number of carbonyl (C=O) groups is 2. The maximum atomic E-state index is 12.8. The fourth-order valence-corrected chi connectivity index (χ4v) is 3.58. The van der Waals surface area contributed by atoms with Gasteiger partial charge in [-0.3, -0.25) is 14.6 Å². The second kappa shape index (κ2) is 8.80. The molecule has 1 aromatic carbocycles. The number of amides is 1. The molecule has 1 atom stereocenters. The second-order valence-corrected chi connectivity index (χ2v) is 7.46. The van der Waals surface area contributed by atoms with Gasteiger partial charge in [0.25, 0.3) is 0 Å². The fourth-order valence-electron chi connectivity index (χ4n) is 3.58. The third-order valence-electron chi connectivity index (χ3n) is 5.23. The summed E-state index contributed by atoms with van der Waals surface area (Å²) < 4.78 is 0. The summed E-state index contributed by atoms with van der Waals surface area (Å²) in [5, 5.41) is 3.21. The van der Waals surface area contributed by atoms with E-state index in [1.54, 1.807) is 6.20 Å². The van der Waals surface area contributed by atoms with Gasteiger partial charge >= 0.3 is 0 Å². The predicted octanol–water partition coefficient (Wildman–Crippen LogP) is 3.62. The molecule has 142 valence electrons. The van der Waals surface area contributed by atoms with Crippen molar-refractivity contribution < 1.29 is 9.59 Å². The van der Waals surface area contributed by atoms with Gasteiger partial charge in [0.05, 0.1) is 11.7 Å². The molecule has 0 unspecified atom stereocenters. The largest absolute Gasteiger partial charge is 0.371 e. The number of hydrogen-bond donors (Lipinski definition) is 1. The molecular formula is C22H27N3O2. The Labute approximate surface area is 160 Å². The summed E-state index contributed by atoms with van der Waals surface area (Å²) in [6.45, 7) is 5.89. The van der Waals surface area contributed by atoms with Gasteiger partial charge in [-0.15, -0.1) is 0 Å². The summed E-state index contributed by atoms with van der Waals surface area (Å²) in [6, 6.07) is 13.4. The quantitative estimate of drug-likeness (QED) is 0.794. The molecule has 27 heavy (non-hydrogen) atoms. The summed E-state index contributed by atoms with van der Waals surface area (Å²) in [6.07, 6.45) is 4.28. The van der Waals surface area contributed by atoms with Gasteiger partial charge in [0.15, 0.2) is 0 Å². The summed E-state index contributed by atoms with van der Waals surface area (Å²) in [5.74, 6) is 0.427. The Morgan fingerprint density at radius 3 is 2.41 bits per heavy atom. The monoisotopic (exact) mass is 365 g/mol. The van der Waals surface area contributed by atoms with E-state index in [0.29, 0.717) is 5.56 Å². The number of rotatable bonds is 6. The Bertz CT molecular complexity index is 751. The molecule has 1 N–H and O–H groups in total. The number of anilines is 1. The minimum absolute atomic E-state index is 0.0282. The number of aromatic nitrogens is 1. The van der Waals surface area contributed by atoms with Gasteiger partial charge in [-0.1, -0.05) is 19.9 Å². The molecule has 0 saturated carbocycles. The van der Waals surface area contributed by atoms with Crippen LogP contribution in [0, 0.1) is 11.8 Å². The third-order valence-corrected chi connectivity index (χ3v) is 5.23. The normalized spacial score (nSPS) is 16.2. The first-order chi connectivity index (χ1) is 13.1. The van der Waals surface area contributed by atoms with Crippen molar-refractivity contribution >= 4 is 17.9 Å². The summed E-state index contributed by atoms with van der Waals surface area (Å²) >= 11 is 0. The van der Waals surface area contributed by atoms with Crippen LogP contribution in [0.3, 0.4) is 0 Å². The lowest BCUT2D eigenvalue weighted by molar-refractivity contribution is -0.126. The highest BCUT2D eigenvalue weighted by Gasteiger charge is 2.28. The third kappa shape index (κ3) is 4.73. The smallest absolute Gasteiger partial charge is 0.223 e. The standard InChI is InChI=1S/C22H27N3O2/c1-16(2)21(20-5-3-4-12-23-20)24-22(27)18-10-13-25(14-11-18)19-8-6-17(15-26)7-9-19/h3-9,12,15-16,18,21H,10-11,13-14H2,1-2H3,(H,24,27)/t21-/m0/s1. The van der Waals surface area contributed by atoms with Gasteiger partial charge in [-0.25, -0.2) is 0 Å². The van der Waals surface area contributed by atoms with Crippen molar-refractivity contribution in [1.29, 1.82) is 0 Å². The van der Waals surface area contributed by atoms with Crippen LogP contribution in [0.15, 0.2) is 48.7 Å². The molecule has 5 heteroatoms. The highest BCUT2D eigenvalue weighted by molar-refractivity contribution is 5.79. The van der Waals surface area contributed by atoms with Crippen molar-refractivity contribution in [1.82, 2.24) is 10.3 Å². The first-order valence-electron chi connectivity index (χ1n) is 9.60. The highest BCUT2D eigenvalue weighted by Crippen LogP contribution is 2.26. The zero-order valence-electron chi connectivity index (χ0n) is 16.0. The van der Waals surface area contributed by atoms with E-state index in [-0.39, 0.29) is 23.8 Å². The topological polar surface area (TPSA) is 62.3 Å². The Morgan fingerprint density at radius 1 is 1.15 bits per heavy atom. The number of piperidine rings is 1. The van der Waals surface area contributed by atoms with Crippen LogP contribution in [0.1, 0.15) is 48.8 Å². The SMILES string of the molecule is CC(C)[C@H](NC(=O)C1CCN(c2ccc(C=O)cc2)CC1)c1ccccn1. The Kier molecular flexibility index (Phi) is 6.22. The highest BCUT2D eigenvalue weighted by atomic mass is 16.2. The molecule has 0 spiro atoms. The zero-order valence-corrected chi connectivity index (χ0v) is 16.0. The number of aldehydes is 1. The molecule has 1 amide bonds. The number of nitrogens with zero attached hydrogens (tertiary/aromatic N) is 2. The lowest BCUT2D eigenvalue weighted by Gasteiger charge is -2.34. The van der Waals surface area contributed by atoms with Crippen molar-refractivity contribution in [2.24, 2.45) is 11.8 Å². The number of benzene rings is 1. The first kappa shape index (κ1) is 19.1. The molecule has 1 aliphatic heterocycles. The van der Waals surface area contributed by atoms with E-state index in [4.69, 9.17) is 0 Å². The van der Waals surface area contributed by atoms with E-state index in [9.17, 15) is 9.59 Å². The molecule has 1 aromatic heterocycles. The molecule has 1 saturated heterocycles. The van der Waals surface area contributed by atoms with Crippen LogP contribution in [0.2, 0.25) is 0 Å². The van der Waals surface area contributed by atoms with E-state index in [1.165, 1.54) is 0 Å². The van der Waals surface area contributed by atoms with Gasteiger partial charge in [0.1, 0.15) is 6.29 Å². The number of carbonyl (C=O) groups excluding carboxylic acids is 2. The lowest BCUT2D eigenvalue weighted by Crippen LogP contribution is -2.42. The second-order valence-electron chi connectivity index (χ2n) is 7.46. The number of hydrogen-bond acceptors (Lipinski definition) is 4. The molecule has 2 heterocycles. The molecule has 0 radical (unpaired) electrons. The Balaban J connectivity index is 1.58. The van der Waals surface area contributed by atoms with Crippen LogP contribution in [0.25, 0.3) is 0 Å². The van der Waals surface area contributed by atoms with E-state index < -0.39 is 0 Å². The molecule has 1 aliphatic rings. The molecule has 1 fully saturated rings. The van der Waals surface area contributed by atoms with E-state index in [0.717, 1.165) is 43.6 Å². The Hall–Kier alpha value is -2.69. The molecule has 0 bridgehead atoms. The minimum atomic E-state index is -0.0624. The van der Waals surface area contributed by atoms with Crippen molar-refractivity contribution in [3.05, 3.63) is 59.9 Å². The van der Waals surface area contributed by atoms with Gasteiger partial charge in [-0.2, -0.15) is 0 Å². The minimum Gasteiger partial charge on any atom is -0.371 e. The van der Waals surface area contributed by atoms with Gasteiger partial charge in [0, 0.05) is 36.5 Å². The van der Waals surface area contributed by atoms with E-state index >= 15 is 0 Å². The first-order valence-corrected chi connectivity index (χ1v) is 9.60.